The minimum atomic E-state index is -0.0621. The topological polar surface area (TPSA) is 68.5 Å². The summed E-state index contributed by atoms with van der Waals surface area (Å²) in [6.45, 7) is 1.42. The van der Waals surface area contributed by atoms with Crippen LogP contribution in [0, 0.1) is 0 Å². The van der Waals surface area contributed by atoms with Gasteiger partial charge in [-0.15, -0.1) is 0 Å². The maximum absolute atomic E-state index is 12.6. The number of nitrogens with zero attached hydrogens (tertiary/aromatic N) is 4. The molecule has 3 aromatic heterocycles. The Morgan fingerprint density at radius 2 is 2.13 bits per heavy atom. The number of rotatable bonds is 4. The highest BCUT2D eigenvalue weighted by atomic mass is 35.5. The first-order chi connectivity index (χ1) is 11.2. The molecule has 23 heavy (non-hydrogen) atoms. The van der Waals surface area contributed by atoms with Gasteiger partial charge in [0.2, 0.25) is 0 Å². The zero-order chi connectivity index (χ0) is 15.8. The highest BCUT2D eigenvalue weighted by Gasteiger charge is 2.11. The van der Waals surface area contributed by atoms with Gasteiger partial charge in [-0.2, -0.15) is 0 Å². The van der Waals surface area contributed by atoms with Crippen molar-refractivity contribution in [2.24, 2.45) is 0 Å². The van der Waals surface area contributed by atoms with E-state index in [2.05, 4.69) is 15.0 Å². The molecule has 0 unspecified atom stereocenters. The molecule has 0 fully saturated rings. The quantitative estimate of drug-likeness (QED) is 0.626. The van der Waals surface area contributed by atoms with Crippen LogP contribution in [0.3, 0.4) is 0 Å². The predicted octanol–water partition coefficient (Wildman–Crippen LogP) is 2.82. The van der Waals surface area contributed by atoms with Crippen molar-refractivity contribution >= 4 is 33.5 Å². The van der Waals surface area contributed by atoms with E-state index in [-0.39, 0.29) is 5.56 Å². The molecule has 0 aliphatic heterocycles. The molecule has 0 aliphatic rings. The fourth-order valence-electron chi connectivity index (χ4n) is 2.76. The van der Waals surface area contributed by atoms with Crippen LogP contribution in [0.5, 0.6) is 0 Å². The first-order valence-corrected chi connectivity index (χ1v) is 7.72. The van der Waals surface area contributed by atoms with Crippen LogP contribution < -0.4 is 5.56 Å². The lowest BCUT2D eigenvalue weighted by molar-refractivity contribution is 0.550. The second kappa shape index (κ2) is 5.55. The Labute approximate surface area is 136 Å². The number of H-pyrrole nitrogens is 1. The van der Waals surface area contributed by atoms with Crippen molar-refractivity contribution in [3.05, 3.63) is 58.6 Å². The van der Waals surface area contributed by atoms with Gasteiger partial charge in [0, 0.05) is 41.4 Å². The molecule has 0 saturated heterocycles. The zero-order valence-corrected chi connectivity index (χ0v) is 13.0. The SMILES string of the molecule is O=c1c2[nH]c3ccc(Cl)cc3c2ncn1CCCn1ccnc1. The van der Waals surface area contributed by atoms with Crippen molar-refractivity contribution in [1.82, 2.24) is 24.1 Å². The number of imidazole rings is 1. The molecule has 6 nitrogen and oxygen atoms in total. The van der Waals surface area contributed by atoms with Crippen molar-refractivity contribution in [1.29, 1.82) is 0 Å². The van der Waals surface area contributed by atoms with Crippen LogP contribution in [-0.4, -0.2) is 24.1 Å². The first kappa shape index (κ1) is 14.0. The van der Waals surface area contributed by atoms with Crippen LogP contribution in [0.2, 0.25) is 5.02 Å². The van der Waals surface area contributed by atoms with Gasteiger partial charge in [0.05, 0.1) is 12.7 Å². The van der Waals surface area contributed by atoms with Crippen molar-refractivity contribution in [2.75, 3.05) is 0 Å². The van der Waals surface area contributed by atoms with Crippen LogP contribution in [-0.2, 0) is 13.1 Å². The molecule has 0 bridgehead atoms. The molecule has 0 atom stereocenters. The van der Waals surface area contributed by atoms with Crippen LogP contribution in [0.4, 0.5) is 0 Å². The van der Waals surface area contributed by atoms with Gasteiger partial charge in [-0.25, -0.2) is 9.97 Å². The standard InChI is InChI=1S/C16H14ClN5O/c17-11-2-3-13-12(8-11)14-15(20-13)16(23)22(10-19-14)6-1-5-21-7-4-18-9-21/h2-4,7-10,20H,1,5-6H2. The Morgan fingerprint density at radius 1 is 1.22 bits per heavy atom. The monoisotopic (exact) mass is 327 g/mol. The molecule has 0 saturated carbocycles. The molecule has 0 amide bonds. The molecular weight excluding hydrogens is 314 g/mol. The lowest BCUT2D eigenvalue weighted by Crippen LogP contribution is -2.21. The van der Waals surface area contributed by atoms with Crippen LogP contribution >= 0.6 is 11.6 Å². The summed E-state index contributed by atoms with van der Waals surface area (Å²) in [6.07, 6.45) is 7.86. The first-order valence-electron chi connectivity index (χ1n) is 7.34. The van der Waals surface area contributed by atoms with Crippen LogP contribution in [0.15, 0.2) is 48.0 Å². The maximum Gasteiger partial charge on any atom is 0.277 e. The van der Waals surface area contributed by atoms with Gasteiger partial charge in [0.15, 0.2) is 0 Å². The fraction of sp³-hybridized carbons (Fsp3) is 0.188. The number of nitrogens with one attached hydrogen (secondary N) is 1. The second-order valence-corrected chi connectivity index (χ2v) is 5.87. The molecule has 0 radical (unpaired) electrons. The fourth-order valence-corrected chi connectivity index (χ4v) is 2.94. The van der Waals surface area contributed by atoms with E-state index in [0.29, 0.717) is 22.6 Å². The lowest BCUT2D eigenvalue weighted by Gasteiger charge is -2.05. The minimum Gasteiger partial charge on any atom is -0.349 e. The molecule has 0 aliphatic carbocycles. The minimum absolute atomic E-state index is 0.0621. The molecule has 4 rings (SSSR count). The summed E-state index contributed by atoms with van der Waals surface area (Å²) in [5.41, 5.74) is 1.99. The summed E-state index contributed by atoms with van der Waals surface area (Å²) in [4.78, 5) is 24.2. The van der Waals surface area contributed by atoms with Crippen molar-refractivity contribution in [3.63, 3.8) is 0 Å². The number of hydrogen-bond acceptors (Lipinski definition) is 3. The highest BCUT2D eigenvalue weighted by molar-refractivity contribution is 6.31. The summed E-state index contributed by atoms with van der Waals surface area (Å²) in [7, 11) is 0. The number of aromatic nitrogens is 5. The Kier molecular flexibility index (Phi) is 3.38. The summed E-state index contributed by atoms with van der Waals surface area (Å²) in [5, 5.41) is 1.50. The Balaban J connectivity index is 1.67. The van der Waals surface area contributed by atoms with E-state index in [4.69, 9.17) is 11.6 Å². The summed E-state index contributed by atoms with van der Waals surface area (Å²) in [5.74, 6) is 0. The molecular formula is C16H14ClN5O. The molecule has 1 N–H and O–H groups in total. The highest BCUT2D eigenvalue weighted by Crippen LogP contribution is 2.24. The molecule has 1 aromatic carbocycles. The van der Waals surface area contributed by atoms with E-state index >= 15 is 0 Å². The Morgan fingerprint density at radius 3 is 2.96 bits per heavy atom. The summed E-state index contributed by atoms with van der Waals surface area (Å²) >= 11 is 6.03. The van der Waals surface area contributed by atoms with Gasteiger partial charge in [-0.1, -0.05) is 11.6 Å². The van der Waals surface area contributed by atoms with Crippen molar-refractivity contribution in [3.8, 4) is 0 Å². The van der Waals surface area contributed by atoms with E-state index in [0.717, 1.165) is 23.9 Å². The molecule has 4 aromatic rings. The van der Waals surface area contributed by atoms with Gasteiger partial charge in [0.25, 0.3) is 5.56 Å². The average Bonchev–Trinajstić information content (AvgIpc) is 3.17. The maximum atomic E-state index is 12.6. The van der Waals surface area contributed by atoms with Crippen molar-refractivity contribution in [2.45, 2.75) is 19.5 Å². The largest absolute Gasteiger partial charge is 0.349 e. The molecule has 116 valence electrons. The van der Waals surface area contributed by atoms with E-state index in [1.54, 1.807) is 29.5 Å². The number of fused-ring (bicyclic) bond motifs is 3. The molecule has 0 spiro atoms. The number of halogens is 1. The number of aryl methyl sites for hydroxylation is 2. The summed E-state index contributed by atoms with van der Waals surface area (Å²) < 4.78 is 3.62. The van der Waals surface area contributed by atoms with E-state index < -0.39 is 0 Å². The third kappa shape index (κ3) is 2.51. The lowest BCUT2D eigenvalue weighted by atomic mass is 10.2. The van der Waals surface area contributed by atoms with Crippen molar-refractivity contribution < 1.29 is 0 Å². The van der Waals surface area contributed by atoms with E-state index in [1.807, 2.05) is 22.9 Å². The van der Waals surface area contributed by atoms with Crippen LogP contribution in [0.25, 0.3) is 21.9 Å². The van der Waals surface area contributed by atoms with Gasteiger partial charge < -0.3 is 9.55 Å². The Bertz CT molecular complexity index is 1030. The zero-order valence-electron chi connectivity index (χ0n) is 12.2. The Hall–Kier alpha value is -2.60. The predicted molar refractivity (Wildman–Crippen MR) is 89.7 cm³/mol. The number of hydrogen-bond donors (Lipinski definition) is 1. The number of benzene rings is 1. The summed E-state index contributed by atoms with van der Waals surface area (Å²) in [6, 6.07) is 5.48. The van der Waals surface area contributed by atoms with Gasteiger partial charge in [-0.05, 0) is 24.6 Å². The third-order valence-electron chi connectivity index (χ3n) is 3.91. The smallest absolute Gasteiger partial charge is 0.277 e. The number of aromatic amines is 1. The van der Waals surface area contributed by atoms with Crippen LogP contribution in [0.1, 0.15) is 6.42 Å². The average molecular weight is 328 g/mol. The molecule has 7 heteroatoms. The molecule has 3 heterocycles. The normalized spacial score (nSPS) is 11.5. The second-order valence-electron chi connectivity index (χ2n) is 5.44. The third-order valence-corrected chi connectivity index (χ3v) is 4.14. The van der Waals surface area contributed by atoms with Gasteiger partial charge in [0.1, 0.15) is 11.0 Å². The van der Waals surface area contributed by atoms with E-state index in [9.17, 15) is 4.79 Å². The van der Waals surface area contributed by atoms with Gasteiger partial charge >= 0.3 is 0 Å². The van der Waals surface area contributed by atoms with E-state index in [1.165, 1.54) is 0 Å². The van der Waals surface area contributed by atoms with Gasteiger partial charge in [-0.3, -0.25) is 9.36 Å².